The summed E-state index contributed by atoms with van der Waals surface area (Å²) in [4.78, 5) is 8.76. The van der Waals surface area contributed by atoms with Gasteiger partial charge in [0.25, 0.3) is 0 Å². The summed E-state index contributed by atoms with van der Waals surface area (Å²) in [6.45, 7) is 3.99. The van der Waals surface area contributed by atoms with E-state index in [1.54, 1.807) is 0 Å². The van der Waals surface area contributed by atoms with Crippen LogP contribution in [0.15, 0.2) is 6.20 Å². The Morgan fingerprint density at radius 1 is 1.21 bits per heavy atom. The van der Waals surface area contributed by atoms with E-state index in [-0.39, 0.29) is 0 Å². The average molecular weight is 191 g/mol. The highest BCUT2D eigenvalue weighted by molar-refractivity contribution is 5.34. The van der Waals surface area contributed by atoms with E-state index in [0.717, 1.165) is 17.2 Å². The number of anilines is 1. The minimum absolute atomic E-state index is 0.617. The first-order valence-electron chi connectivity index (χ1n) is 5.32. The number of aromatic nitrogens is 2. The quantitative estimate of drug-likeness (QED) is 0.780. The zero-order chi connectivity index (χ0) is 9.97. The number of hydrogen-bond donors (Lipinski definition) is 1. The maximum atomic E-state index is 4.46. The zero-order valence-electron chi connectivity index (χ0n) is 8.88. The highest BCUT2D eigenvalue weighted by Crippen LogP contribution is 2.21. The van der Waals surface area contributed by atoms with Crippen molar-refractivity contribution in [2.75, 3.05) is 5.32 Å². The molecule has 0 atom stereocenters. The summed E-state index contributed by atoms with van der Waals surface area (Å²) in [5, 5.41) is 3.44. The number of aryl methyl sites for hydroxylation is 2. The third-order valence-electron chi connectivity index (χ3n) is 2.90. The van der Waals surface area contributed by atoms with E-state index in [4.69, 9.17) is 0 Å². The molecule has 14 heavy (non-hydrogen) atoms. The van der Waals surface area contributed by atoms with Crippen LogP contribution in [-0.2, 0) is 0 Å². The Hall–Kier alpha value is -1.12. The SMILES string of the molecule is Cc1ncc(NC2CCCC2)nc1C. The molecule has 1 N–H and O–H groups in total. The standard InChI is InChI=1S/C11H17N3/c1-8-9(2)13-11(7-12-8)14-10-5-3-4-6-10/h7,10H,3-6H2,1-2H3,(H,13,14). The van der Waals surface area contributed by atoms with Crippen LogP contribution in [0.2, 0.25) is 0 Å². The molecule has 3 nitrogen and oxygen atoms in total. The minimum atomic E-state index is 0.617. The van der Waals surface area contributed by atoms with Gasteiger partial charge in [-0.3, -0.25) is 4.98 Å². The maximum absolute atomic E-state index is 4.46. The molecule has 1 aromatic heterocycles. The average Bonchev–Trinajstić information content (AvgIpc) is 2.64. The van der Waals surface area contributed by atoms with Crippen molar-refractivity contribution in [3.05, 3.63) is 17.6 Å². The molecule has 0 amide bonds. The predicted molar refractivity (Wildman–Crippen MR) is 57.4 cm³/mol. The Balaban J connectivity index is 2.05. The highest BCUT2D eigenvalue weighted by Gasteiger charge is 2.14. The van der Waals surface area contributed by atoms with Crippen molar-refractivity contribution >= 4 is 5.82 Å². The molecule has 0 aromatic carbocycles. The normalized spacial score (nSPS) is 17.3. The van der Waals surface area contributed by atoms with Gasteiger partial charge >= 0.3 is 0 Å². The van der Waals surface area contributed by atoms with Crippen LogP contribution in [0.5, 0.6) is 0 Å². The van der Waals surface area contributed by atoms with Gasteiger partial charge in [0, 0.05) is 6.04 Å². The van der Waals surface area contributed by atoms with Crippen LogP contribution in [0.3, 0.4) is 0 Å². The monoisotopic (exact) mass is 191 g/mol. The van der Waals surface area contributed by atoms with E-state index in [1.807, 2.05) is 20.0 Å². The lowest BCUT2D eigenvalue weighted by Crippen LogP contribution is -2.16. The number of hydrogen-bond acceptors (Lipinski definition) is 3. The van der Waals surface area contributed by atoms with Gasteiger partial charge in [-0.2, -0.15) is 0 Å². The van der Waals surface area contributed by atoms with Crippen molar-refractivity contribution in [2.45, 2.75) is 45.6 Å². The van der Waals surface area contributed by atoms with E-state index >= 15 is 0 Å². The molecule has 0 aliphatic heterocycles. The summed E-state index contributed by atoms with van der Waals surface area (Å²) < 4.78 is 0. The van der Waals surface area contributed by atoms with Crippen LogP contribution >= 0.6 is 0 Å². The first-order valence-corrected chi connectivity index (χ1v) is 5.32. The summed E-state index contributed by atoms with van der Waals surface area (Å²) in [5.41, 5.74) is 2.04. The van der Waals surface area contributed by atoms with Crippen molar-refractivity contribution in [3.8, 4) is 0 Å². The van der Waals surface area contributed by atoms with Gasteiger partial charge in [-0.25, -0.2) is 4.98 Å². The summed E-state index contributed by atoms with van der Waals surface area (Å²) in [7, 11) is 0. The minimum Gasteiger partial charge on any atom is -0.366 e. The van der Waals surface area contributed by atoms with Crippen LogP contribution in [0.25, 0.3) is 0 Å². The van der Waals surface area contributed by atoms with Crippen molar-refractivity contribution in [1.82, 2.24) is 9.97 Å². The van der Waals surface area contributed by atoms with E-state index in [0.29, 0.717) is 6.04 Å². The van der Waals surface area contributed by atoms with Gasteiger partial charge in [0.15, 0.2) is 0 Å². The van der Waals surface area contributed by atoms with Crippen molar-refractivity contribution in [1.29, 1.82) is 0 Å². The highest BCUT2D eigenvalue weighted by atomic mass is 15.0. The predicted octanol–water partition coefficient (Wildman–Crippen LogP) is 2.45. The van der Waals surface area contributed by atoms with Crippen LogP contribution < -0.4 is 5.32 Å². The van der Waals surface area contributed by atoms with Crippen LogP contribution in [0.1, 0.15) is 37.1 Å². The summed E-state index contributed by atoms with van der Waals surface area (Å²) in [6, 6.07) is 0.617. The van der Waals surface area contributed by atoms with E-state index in [9.17, 15) is 0 Å². The van der Waals surface area contributed by atoms with Crippen molar-refractivity contribution < 1.29 is 0 Å². The second-order valence-corrected chi connectivity index (χ2v) is 4.05. The molecule has 0 bridgehead atoms. The summed E-state index contributed by atoms with van der Waals surface area (Å²) in [5.74, 6) is 0.931. The second kappa shape index (κ2) is 3.95. The zero-order valence-corrected chi connectivity index (χ0v) is 8.88. The Kier molecular flexibility index (Phi) is 2.66. The first-order chi connectivity index (χ1) is 6.75. The third-order valence-corrected chi connectivity index (χ3v) is 2.90. The van der Waals surface area contributed by atoms with Gasteiger partial charge in [0.05, 0.1) is 17.6 Å². The van der Waals surface area contributed by atoms with Gasteiger partial charge < -0.3 is 5.32 Å². The lowest BCUT2D eigenvalue weighted by Gasteiger charge is -2.12. The summed E-state index contributed by atoms with van der Waals surface area (Å²) >= 11 is 0. The van der Waals surface area contributed by atoms with Gasteiger partial charge in [0.2, 0.25) is 0 Å². The number of rotatable bonds is 2. The smallest absolute Gasteiger partial charge is 0.145 e. The van der Waals surface area contributed by atoms with Crippen LogP contribution in [0.4, 0.5) is 5.82 Å². The summed E-state index contributed by atoms with van der Waals surface area (Å²) in [6.07, 6.45) is 7.07. The molecule has 1 heterocycles. The van der Waals surface area contributed by atoms with Gasteiger partial charge in [-0.15, -0.1) is 0 Å². The molecule has 1 aliphatic carbocycles. The first kappa shape index (κ1) is 9.44. The molecule has 1 aromatic rings. The fraction of sp³-hybridized carbons (Fsp3) is 0.636. The van der Waals surface area contributed by atoms with E-state index in [1.165, 1.54) is 25.7 Å². The van der Waals surface area contributed by atoms with Gasteiger partial charge in [-0.1, -0.05) is 12.8 Å². The largest absolute Gasteiger partial charge is 0.366 e. The van der Waals surface area contributed by atoms with Crippen LogP contribution in [-0.4, -0.2) is 16.0 Å². The molecule has 1 fully saturated rings. The van der Waals surface area contributed by atoms with Crippen molar-refractivity contribution in [3.63, 3.8) is 0 Å². The van der Waals surface area contributed by atoms with E-state index in [2.05, 4.69) is 15.3 Å². The fourth-order valence-electron chi connectivity index (χ4n) is 1.89. The van der Waals surface area contributed by atoms with E-state index < -0.39 is 0 Å². The molecule has 0 radical (unpaired) electrons. The fourth-order valence-corrected chi connectivity index (χ4v) is 1.89. The molecule has 0 saturated heterocycles. The third kappa shape index (κ3) is 2.03. The Bertz CT molecular complexity index is 316. The molecule has 1 saturated carbocycles. The lowest BCUT2D eigenvalue weighted by molar-refractivity contribution is 0.748. The van der Waals surface area contributed by atoms with Crippen LogP contribution in [0, 0.1) is 13.8 Å². The second-order valence-electron chi connectivity index (χ2n) is 4.05. The Morgan fingerprint density at radius 2 is 1.93 bits per heavy atom. The topological polar surface area (TPSA) is 37.8 Å². The number of nitrogens with one attached hydrogen (secondary N) is 1. The molecular weight excluding hydrogens is 174 g/mol. The Morgan fingerprint density at radius 3 is 2.57 bits per heavy atom. The lowest BCUT2D eigenvalue weighted by atomic mass is 10.2. The molecule has 3 heteroatoms. The van der Waals surface area contributed by atoms with Gasteiger partial charge in [0.1, 0.15) is 5.82 Å². The molecule has 76 valence electrons. The maximum Gasteiger partial charge on any atom is 0.145 e. The number of nitrogens with zero attached hydrogens (tertiary/aromatic N) is 2. The molecule has 2 rings (SSSR count). The molecular formula is C11H17N3. The molecule has 0 unspecified atom stereocenters. The Labute approximate surface area is 85.0 Å². The molecule has 1 aliphatic rings. The van der Waals surface area contributed by atoms with Crippen molar-refractivity contribution in [2.24, 2.45) is 0 Å². The van der Waals surface area contributed by atoms with Gasteiger partial charge in [-0.05, 0) is 26.7 Å². The molecule has 0 spiro atoms.